The minimum atomic E-state index is -4.78. The van der Waals surface area contributed by atoms with Gasteiger partial charge in [-0.05, 0) is 70.7 Å². The van der Waals surface area contributed by atoms with Gasteiger partial charge in [0.2, 0.25) is 0 Å². The van der Waals surface area contributed by atoms with Crippen LogP contribution in [0.5, 0.6) is 5.75 Å². The van der Waals surface area contributed by atoms with Gasteiger partial charge in [-0.15, -0.1) is 0 Å². The predicted octanol–water partition coefficient (Wildman–Crippen LogP) is 8.36. The number of anilines is 1. The Kier molecular flexibility index (Phi) is 9.34. The number of ether oxygens (including phenoxy) is 2. The predicted molar refractivity (Wildman–Crippen MR) is 145 cm³/mol. The summed E-state index contributed by atoms with van der Waals surface area (Å²) in [4.78, 5) is 15.7. The SMILES string of the molecule is COc1cc(NC(C)CCCNC(=O)OC(C)(C)C)c2nc(C(F)(F)F)cc(C)c2c1-c1ccccc1C(F)(F)F. The molecule has 2 aromatic carbocycles. The van der Waals surface area contributed by atoms with Crippen molar-refractivity contribution >= 4 is 22.7 Å². The Hall–Kier alpha value is -3.70. The number of benzene rings is 2. The number of rotatable bonds is 8. The van der Waals surface area contributed by atoms with E-state index in [2.05, 4.69) is 15.6 Å². The molecule has 3 aromatic rings. The maximum Gasteiger partial charge on any atom is 0.433 e. The zero-order chi connectivity index (χ0) is 30.8. The van der Waals surface area contributed by atoms with Gasteiger partial charge < -0.3 is 20.1 Å². The third kappa shape index (κ3) is 7.95. The first-order chi connectivity index (χ1) is 18.9. The molecule has 1 unspecified atom stereocenters. The quantitative estimate of drug-likeness (QED) is 0.205. The highest BCUT2D eigenvalue weighted by Crippen LogP contribution is 2.47. The minimum absolute atomic E-state index is 0.00564. The van der Waals surface area contributed by atoms with Crippen molar-refractivity contribution in [3.63, 3.8) is 0 Å². The lowest BCUT2D eigenvalue weighted by molar-refractivity contribution is -0.141. The number of nitrogens with one attached hydrogen (secondary N) is 2. The van der Waals surface area contributed by atoms with Crippen molar-refractivity contribution in [3.05, 3.63) is 53.2 Å². The summed E-state index contributed by atoms with van der Waals surface area (Å²) in [6.45, 7) is 8.71. The number of fused-ring (bicyclic) bond motifs is 1. The zero-order valence-electron chi connectivity index (χ0n) is 23.6. The maximum atomic E-state index is 14.0. The molecular weight excluding hydrogens is 552 g/mol. The van der Waals surface area contributed by atoms with Gasteiger partial charge in [0.25, 0.3) is 0 Å². The summed E-state index contributed by atoms with van der Waals surface area (Å²) in [7, 11) is 1.28. The average molecular weight is 586 g/mol. The van der Waals surface area contributed by atoms with Gasteiger partial charge >= 0.3 is 18.4 Å². The lowest BCUT2D eigenvalue weighted by Crippen LogP contribution is -2.33. The number of pyridine rings is 1. The number of halogens is 6. The van der Waals surface area contributed by atoms with Crippen LogP contribution in [0.3, 0.4) is 0 Å². The second kappa shape index (κ2) is 12.0. The van der Waals surface area contributed by atoms with Crippen LogP contribution >= 0.6 is 0 Å². The van der Waals surface area contributed by atoms with Crippen molar-refractivity contribution in [2.24, 2.45) is 0 Å². The Morgan fingerprint density at radius 2 is 1.68 bits per heavy atom. The molecular formula is C29H33F6N3O3. The van der Waals surface area contributed by atoms with E-state index >= 15 is 0 Å². The number of hydrogen-bond donors (Lipinski definition) is 2. The van der Waals surface area contributed by atoms with Gasteiger partial charge in [0.1, 0.15) is 17.0 Å². The molecule has 0 fully saturated rings. The molecule has 41 heavy (non-hydrogen) atoms. The molecule has 0 aliphatic rings. The fourth-order valence-electron chi connectivity index (χ4n) is 4.46. The van der Waals surface area contributed by atoms with Crippen LogP contribution in [-0.4, -0.2) is 36.4 Å². The minimum Gasteiger partial charge on any atom is -0.496 e. The molecule has 0 spiro atoms. The summed E-state index contributed by atoms with van der Waals surface area (Å²) in [5.41, 5.74) is -2.88. The highest BCUT2D eigenvalue weighted by atomic mass is 19.4. The number of alkyl carbamates (subject to hydrolysis) is 1. The molecule has 0 saturated heterocycles. The first kappa shape index (κ1) is 31.8. The Morgan fingerprint density at radius 1 is 1.02 bits per heavy atom. The van der Waals surface area contributed by atoms with Crippen LogP contribution in [0.25, 0.3) is 22.0 Å². The Labute approximate surface area is 234 Å². The number of hydrogen-bond acceptors (Lipinski definition) is 5. The first-order valence-electron chi connectivity index (χ1n) is 12.9. The summed E-state index contributed by atoms with van der Waals surface area (Å²) >= 11 is 0. The molecule has 1 amide bonds. The third-order valence-corrected chi connectivity index (χ3v) is 6.14. The van der Waals surface area contributed by atoms with E-state index in [0.717, 1.165) is 12.1 Å². The Bertz CT molecular complexity index is 1400. The largest absolute Gasteiger partial charge is 0.496 e. The van der Waals surface area contributed by atoms with Gasteiger partial charge in [-0.3, -0.25) is 0 Å². The van der Waals surface area contributed by atoms with Gasteiger partial charge in [-0.1, -0.05) is 18.2 Å². The fourth-order valence-corrected chi connectivity index (χ4v) is 4.46. The summed E-state index contributed by atoms with van der Waals surface area (Å²) in [5.74, 6) is 0.0418. The molecule has 3 rings (SSSR count). The average Bonchev–Trinajstić information content (AvgIpc) is 2.84. The molecule has 2 N–H and O–H groups in total. The molecule has 12 heteroatoms. The molecule has 1 atom stereocenters. The molecule has 1 aromatic heterocycles. The highest BCUT2D eigenvalue weighted by molar-refractivity contribution is 6.06. The van der Waals surface area contributed by atoms with Crippen molar-refractivity contribution in [1.29, 1.82) is 0 Å². The fraction of sp³-hybridized carbons (Fsp3) is 0.448. The lowest BCUT2D eigenvalue weighted by Gasteiger charge is -2.23. The normalized spacial score (nSPS) is 13.2. The molecule has 6 nitrogen and oxygen atoms in total. The molecule has 0 bridgehead atoms. The van der Waals surface area contributed by atoms with Gasteiger partial charge in [-0.25, -0.2) is 9.78 Å². The van der Waals surface area contributed by atoms with Crippen LogP contribution in [0.2, 0.25) is 0 Å². The van der Waals surface area contributed by atoms with E-state index in [-0.39, 0.29) is 45.1 Å². The van der Waals surface area contributed by atoms with Crippen LogP contribution in [0.15, 0.2) is 36.4 Å². The molecule has 0 aliphatic carbocycles. The van der Waals surface area contributed by atoms with E-state index in [4.69, 9.17) is 9.47 Å². The smallest absolute Gasteiger partial charge is 0.433 e. The number of amides is 1. The van der Waals surface area contributed by atoms with Gasteiger partial charge in [-0.2, -0.15) is 26.3 Å². The monoisotopic (exact) mass is 585 g/mol. The van der Waals surface area contributed by atoms with E-state index in [1.807, 2.05) is 0 Å². The number of carbonyl (C=O) groups is 1. The number of nitrogens with zero attached hydrogens (tertiary/aromatic N) is 1. The Balaban J connectivity index is 2.06. The molecule has 0 radical (unpaired) electrons. The summed E-state index contributed by atoms with van der Waals surface area (Å²) < 4.78 is 93.8. The van der Waals surface area contributed by atoms with Crippen LogP contribution in [0.1, 0.15) is 57.4 Å². The van der Waals surface area contributed by atoms with Gasteiger partial charge in [0.15, 0.2) is 0 Å². The molecule has 1 heterocycles. The number of carbonyl (C=O) groups excluding carboxylic acids is 1. The van der Waals surface area contributed by atoms with Crippen molar-refractivity contribution in [1.82, 2.24) is 10.3 Å². The topological polar surface area (TPSA) is 72.5 Å². The van der Waals surface area contributed by atoms with E-state index in [0.29, 0.717) is 19.4 Å². The number of aromatic nitrogens is 1. The summed E-state index contributed by atoms with van der Waals surface area (Å²) in [6.07, 6.45) is -9.06. The molecule has 0 saturated carbocycles. The van der Waals surface area contributed by atoms with Crippen LogP contribution in [0, 0.1) is 6.92 Å². The number of aryl methyl sites for hydroxylation is 1. The number of alkyl halides is 6. The van der Waals surface area contributed by atoms with E-state index in [1.54, 1.807) is 27.7 Å². The van der Waals surface area contributed by atoms with Crippen molar-refractivity contribution in [2.75, 3.05) is 19.0 Å². The van der Waals surface area contributed by atoms with E-state index in [1.165, 1.54) is 38.3 Å². The maximum absolute atomic E-state index is 14.0. The lowest BCUT2D eigenvalue weighted by atomic mass is 9.91. The second-order valence-corrected chi connectivity index (χ2v) is 10.7. The Morgan fingerprint density at radius 3 is 2.27 bits per heavy atom. The second-order valence-electron chi connectivity index (χ2n) is 10.7. The van der Waals surface area contributed by atoms with Crippen LogP contribution < -0.4 is 15.4 Å². The van der Waals surface area contributed by atoms with Gasteiger partial charge in [0.05, 0.1) is 23.9 Å². The number of methoxy groups -OCH3 is 1. The van der Waals surface area contributed by atoms with E-state index < -0.39 is 35.3 Å². The third-order valence-electron chi connectivity index (χ3n) is 6.14. The van der Waals surface area contributed by atoms with Crippen LogP contribution in [0.4, 0.5) is 36.8 Å². The summed E-state index contributed by atoms with van der Waals surface area (Å²) in [5, 5.41) is 5.89. The summed E-state index contributed by atoms with van der Waals surface area (Å²) in [6, 6.07) is 6.70. The van der Waals surface area contributed by atoms with Crippen molar-refractivity contribution in [3.8, 4) is 16.9 Å². The van der Waals surface area contributed by atoms with E-state index in [9.17, 15) is 31.1 Å². The first-order valence-corrected chi connectivity index (χ1v) is 12.9. The van der Waals surface area contributed by atoms with Gasteiger partial charge in [0, 0.05) is 29.6 Å². The standard InChI is InChI=1S/C29H33F6N3O3/c1-16-14-22(29(33,34)35)38-25-20(37-17(2)10-9-13-36-26(39)41-27(3,4)5)15-21(40-6)24(23(16)25)18-11-7-8-12-19(18)28(30,31)32/h7-8,11-12,14-15,17,37H,9-10,13H2,1-6H3,(H,36,39). The van der Waals surface area contributed by atoms with Crippen molar-refractivity contribution < 1.29 is 40.6 Å². The highest BCUT2D eigenvalue weighted by Gasteiger charge is 2.37. The van der Waals surface area contributed by atoms with Crippen LogP contribution in [-0.2, 0) is 17.1 Å². The zero-order valence-corrected chi connectivity index (χ0v) is 23.6. The molecule has 224 valence electrons. The molecule has 0 aliphatic heterocycles. The van der Waals surface area contributed by atoms with Crippen molar-refractivity contribution in [2.45, 2.75) is 71.5 Å².